The molecule has 0 radical (unpaired) electrons. The van der Waals surface area contributed by atoms with Gasteiger partial charge in [0.05, 0.1) is 0 Å². The molecule has 0 saturated heterocycles. The molecule has 2 aliphatic heterocycles. The summed E-state index contributed by atoms with van der Waals surface area (Å²) in [5.74, 6) is 1.69. The van der Waals surface area contributed by atoms with Crippen LogP contribution in [-0.4, -0.2) is 55.2 Å². The van der Waals surface area contributed by atoms with Crippen LogP contribution in [0.15, 0.2) is 48.5 Å². The minimum Gasteiger partial charge on any atom is -0.785 e. The maximum absolute atomic E-state index is 9.73. The van der Waals surface area contributed by atoms with Crippen molar-refractivity contribution in [1.82, 2.24) is 14.9 Å². The Balaban J connectivity index is 0.000000174. The predicted molar refractivity (Wildman–Crippen MR) is 113 cm³/mol. The molecule has 0 spiro atoms. The van der Waals surface area contributed by atoms with E-state index in [1.165, 1.54) is 42.2 Å². The Morgan fingerprint density at radius 1 is 1.13 bits per heavy atom. The number of rotatable bonds is 2. The first-order chi connectivity index (χ1) is 14.1. The number of para-hydroxylation sites is 3. The van der Waals surface area contributed by atoms with Crippen LogP contribution in [0.3, 0.4) is 0 Å². The number of hydroxylamine groups is 2. The van der Waals surface area contributed by atoms with E-state index in [0.717, 1.165) is 18.0 Å². The van der Waals surface area contributed by atoms with Crippen LogP contribution in [0.2, 0.25) is 0 Å². The molecule has 3 heterocycles. The zero-order valence-corrected chi connectivity index (χ0v) is 20.9. The van der Waals surface area contributed by atoms with Crippen molar-refractivity contribution in [3.05, 3.63) is 65.0 Å². The van der Waals surface area contributed by atoms with Gasteiger partial charge >= 0.3 is 51.4 Å². The van der Waals surface area contributed by atoms with Crippen molar-refractivity contribution in [2.24, 2.45) is 0 Å². The number of ether oxygens (including phenoxy) is 2. The third-order valence-electron chi connectivity index (χ3n) is 4.68. The van der Waals surface area contributed by atoms with Crippen molar-refractivity contribution in [3.8, 4) is 11.5 Å². The summed E-state index contributed by atoms with van der Waals surface area (Å²) < 4.78 is 10.2. The van der Waals surface area contributed by atoms with Crippen LogP contribution in [-0.2, 0) is 17.8 Å². The van der Waals surface area contributed by atoms with Gasteiger partial charge in [-0.05, 0) is 44.3 Å². The van der Waals surface area contributed by atoms with E-state index >= 15 is 0 Å². The van der Waals surface area contributed by atoms with Gasteiger partial charge in [-0.3, -0.25) is 0 Å². The molecule has 0 atom stereocenters. The molecule has 8 heteroatoms. The number of aromatic amines is 1. The molecule has 1 N–H and O–H groups in total. The second kappa shape index (κ2) is 12.6. The largest absolute Gasteiger partial charge is 1.00 e. The molecule has 2 aliphatic rings. The van der Waals surface area contributed by atoms with Gasteiger partial charge in [0.25, 0.3) is 0 Å². The van der Waals surface area contributed by atoms with E-state index in [-0.39, 0.29) is 57.9 Å². The molecular weight excluding hydrogens is 409 g/mol. The van der Waals surface area contributed by atoms with Gasteiger partial charge in [-0.25, -0.2) is 0 Å². The zero-order valence-electron chi connectivity index (χ0n) is 17.8. The second-order valence-corrected chi connectivity index (χ2v) is 6.95. The number of H-pyrrole nitrogens is 1. The number of benzene rings is 2. The van der Waals surface area contributed by atoms with Gasteiger partial charge in [0.2, 0.25) is 6.79 Å². The summed E-state index contributed by atoms with van der Waals surface area (Å²) in [7, 11) is 3.48. The van der Waals surface area contributed by atoms with Crippen LogP contribution < -0.4 is 60.9 Å². The van der Waals surface area contributed by atoms with E-state index in [2.05, 4.69) is 41.2 Å². The van der Waals surface area contributed by atoms with Gasteiger partial charge in [-0.1, -0.05) is 30.3 Å². The average molecular weight is 436 g/mol. The number of hydrogen-bond donors (Lipinski definition) is 1. The number of nitrogens with one attached hydrogen (secondary N) is 1. The Hall–Kier alpha value is -1.23. The number of likely N-dealkylation sites (N-methyl/N-ethyl adjacent to an activating group) is 2. The van der Waals surface area contributed by atoms with Crippen LogP contribution in [0, 0.1) is 5.21 Å². The van der Waals surface area contributed by atoms with Crippen LogP contribution in [0.4, 0.5) is 0 Å². The smallest absolute Gasteiger partial charge is 0.785 e. The summed E-state index contributed by atoms with van der Waals surface area (Å²) in [6.07, 6.45) is 1.74. The van der Waals surface area contributed by atoms with Crippen molar-refractivity contribution in [2.45, 2.75) is 13.0 Å². The minimum atomic E-state index is -0.0278. The van der Waals surface area contributed by atoms with Crippen LogP contribution in [0.1, 0.15) is 11.3 Å². The first-order valence-electron chi connectivity index (χ1n) is 9.52. The molecule has 154 valence electrons. The summed E-state index contributed by atoms with van der Waals surface area (Å²) in [5.41, 5.74) is 4.21. The minimum absolute atomic E-state index is 0. The molecule has 0 bridgehead atoms. The fraction of sp³-hybridized carbons (Fsp3) is 0.318. The molecule has 0 fully saturated rings. The van der Waals surface area contributed by atoms with Gasteiger partial charge in [-0.2, -0.15) is 0 Å². The maximum atomic E-state index is 9.73. The molecule has 1 aromatic heterocycles. The summed E-state index contributed by atoms with van der Waals surface area (Å²) in [6.45, 7) is 2.57. The fourth-order valence-corrected chi connectivity index (χ4v) is 3.28. The van der Waals surface area contributed by atoms with E-state index in [0.29, 0.717) is 18.1 Å². The third-order valence-corrected chi connectivity index (χ3v) is 4.68. The van der Waals surface area contributed by atoms with Crippen LogP contribution in [0.25, 0.3) is 10.9 Å². The topological polar surface area (TPSA) is 80.9 Å². The van der Waals surface area contributed by atoms with E-state index in [9.17, 15) is 10.0 Å². The normalized spacial score (nSPS) is 14.0. The Morgan fingerprint density at radius 3 is 2.37 bits per heavy atom. The zero-order chi connectivity index (χ0) is 20.6. The van der Waals surface area contributed by atoms with Crippen molar-refractivity contribution < 1.29 is 65.7 Å². The molecule has 2 aromatic carbocycles. The Bertz CT molecular complexity index is 922. The van der Waals surface area contributed by atoms with E-state index in [4.69, 9.17) is 9.47 Å². The number of fused-ring (bicyclic) bond motifs is 4. The number of aromatic nitrogens is 1. The SMILES string of the molecule is CN([O-])CC=O.CN1CCc2c([nH]c3ccccc23)C1.[K+].c1ccc2c(c1)OCO2. The average Bonchev–Trinajstić information content (AvgIpc) is 3.32. The monoisotopic (exact) mass is 435 g/mol. The number of carbonyl (C=O) groups is 1. The van der Waals surface area contributed by atoms with E-state index < -0.39 is 0 Å². The molecule has 0 unspecified atom stereocenters. The molecule has 0 saturated carbocycles. The van der Waals surface area contributed by atoms with Crippen LogP contribution in [0.5, 0.6) is 11.5 Å². The number of hydrogen-bond acceptors (Lipinski definition) is 6. The van der Waals surface area contributed by atoms with Gasteiger partial charge in [0.1, 0.15) is 6.29 Å². The summed E-state index contributed by atoms with van der Waals surface area (Å²) in [5, 5.41) is 11.7. The number of aldehydes is 1. The molecule has 5 rings (SSSR count). The first kappa shape index (κ1) is 25.0. The van der Waals surface area contributed by atoms with Crippen molar-refractivity contribution in [2.75, 3.05) is 34.0 Å². The predicted octanol–water partition coefficient (Wildman–Crippen LogP) is 0.190. The molecule has 30 heavy (non-hydrogen) atoms. The summed E-state index contributed by atoms with van der Waals surface area (Å²) >= 11 is 0. The van der Waals surface area contributed by atoms with Crippen molar-refractivity contribution in [3.63, 3.8) is 0 Å². The quantitative estimate of drug-likeness (QED) is 0.352. The molecule has 0 aliphatic carbocycles. The van der Waals surface area contributed by atoms with Crippen molar-refractivity contribution in [1.29, 1.82) is 0 Å². The Labute approximate surface area is 219 Å². The first-order valence-corrected chi connectivity index (χ1v) is 9.52. The summed E-state index contributed by atoms with van der Waals surface area (Å²) in [4.78, 5) is 15.2. The molecule has 0 amide bonds. The molecular formula is C22H26KN3O4. The maximum Gasteiger partial charge on any atom is 1.00 e. The standard InChI is InChI=1S/C12H14N2.C7H6O2.C3H6NO2.K/c1-14-7-6-10-9-4-2-3-5-11(9)13-12(10)8-14;1-2-4-7-6(3-1)8-5-9-7;1-4(6)2-3-5;/h2-5,13H,6-8H2,1H3;1-4H,5H2;3H,2H2,1H3;/q;;-1;+1. The Kier molecular flexibility index (Phi) is 10.5. The second-order valence-electron chi connectivity index (χ2n) is 6.95. The number of nitrogens with zero attached hydrogens (tertiary/aromatic N) is 2. The third kappa shape index (κ3) is 6.90. The van der Waals surface area contributed by atoms with Crippen molar-refractivity contribution >= 4 is 17.2 Å². The van der Waals surface area contributed by atoms with Gasteiger partial charge in [0.15, 0.2) is 11.5 Å². The van der Waals surface area contributed by atoms with E-state index in [1.54, 1.807) is 0 Å². The van der Waals surface area contributed by atoms with Gasteiger partial charge < -0.3 is 34.4 Å². The van der Waals surface area contributed by atoms with Crippen LogP contribution >= 0.6 is 0 Å². The fourth-order valence-electron chi connectivity index (χ4n) is 3.28. The molecule has 7 nitrogen and oxygen atoms in total. The number of carbonyl (C=O) groups excluding carboxylic acids is 1. The van der Waals surface area contributed by atoms with E-state index in [1.807, 2.05) is 24.3 Å². The summed E-state index contributed by atoms with van der Waals surface area (Å²) in [6, 6.07) is 16.2. The van der Waals surface area contributed by atoms with Gasteiger partial charge in [-0.15, -0.1) is 0 Å². The van der Waals surface area contributed by atoms with Gasteiger partial charge in [0, 0.05) is 36.2 Å². The Morgan fingerprint density at radius 2 is 1.77 bits per heavy atom. The molecule has 3 aromatic rings.